The Morgan fingerprint density at radius 3 is 2.55 bits per heavy atom. The summed E-state index contributed by atoms with van der Waals surface area (Å²) < 4.78 is 26.7. The first-order valence-corrected chi connectivity index (χ1v) is 6.72. The number of nitrogens with zero attached hydrogens (tertiary/aromatic N) is 2. The molecular formula is C13H13BrF2N4. The Balaban J connectivity index is 2.63. The second kappa shape index (κ2) is 5.80. The number of halogens is 3. The number of hydrogen-bond donors (Lipinski definition) is 2. The molecule has 0 aliphatic carbocycles. The van der Waals surface area contributed by atoms with Crippen LogP contribution in [0.4, 0.5) is 14.6 Å². The van der Waals surface area contributed by atoms with E-state index >= 15 is 0 Å². The summed E-state index contributed by atoms with van der Waals surface area (Å²) in [7, 11) is 0. The molecule has 0 saturated carbocycles. The average Bonchev–Trinajstić information content (AvgIpc) is 2.44. The number of anilines is 1. The molecular weight excluding hydrogens is 330 g/mol. The van der Waals surface area contributed by atoms with Gasteiger partial charge in [-0.05, 0) is 34.0 Å². The van der Waals surface area contributed by atoms with E-state index in [4.69, 9.17) is 5.84 Å². The highest BCUT2D eigenvalue weighted by Gasteiger charge is 2.16. The molecule has 0 aliphatic heterocycles. The molecule has 1 aromatic carbocycles. The molecule has 4 nitrogen and oxygen atoms in total. The first kappa shape index (κ1) is 14.8. The Morgan fingerprint density at radius 1 is 1.25 bits per heavy atom. The number of nitrogen functional groups attached to an aromatic ring is 1. The number of aromatic nitrogens is 2. The Bertz CT molecular complexity index is 647. The monoisotopic (exact) mass is 342 g/mol. The maximum Gasteiger partial charge on any atom is 0.173 e. The molecule has 20 heavy (non-hydrogen) atoms. The first-order chi connectivity index (χ1) is 9.43. The SMILES string of the molecule is CC(C)c1cc(NN)nc(-c2ccc(F)c(F)c2Br)n1. The van der Waals surface area contributed by atoms with Crippen molar-refractivity contribution in [1.29, 1.82) is 0 Å². The van der Waals surface area contributed by atoms with Gasteiger partial charge in [0.15, 0.2) is 17.5 Å². The number of benzene rings is 1. The summed E-state index contributed by atoms with van der Waals surface area (Å²) >= 11 is 3.03. The molecule has 7 heteroatoms. The quantitative estimate of drug-likeness (QED) is 0.508. The molecule has 3 N–H and O–H groups in total. The van der Waals surface area contributed by atoms with Crippen LogP contribution in [-0.2, 0) is 0 Å². The van der Waals surface area contributed by atoms with E-state index in [0.29, 0.717) is 11.4 Å². The number of rotatable bonds is 3. The molecule has 2 rings (SSSR count). The van der Waals surface area contributed by atoms with Gasteiger partial charge in [-0.2, -0.15) is 0 Å². The summed E-state index contributed by atoms with van der Waals surface area (Å²) in [6.07, 6.45) is 0. The molecule has 1 aromatic heterocycles. The minimum Gasteiger partial charge on any atom is -0.308 e. The summed E-state index contributed by atoms with van der Waals surface area (Å²) in [5.74, 6) is 4.30. The number of hydrazine groups is 1. The van der Waals surface area contributed by atoms with Crippen LogP contribution in [-0.4, -0.2) is 9.97 Å². The van der Waals surface area contributed by atoms with Gasteiger partial charge in [0.2, 0.25) is 0 Å². The fourth-order valence-corrected chi connectivity index (χ4v) is 2.15. The van der Waals surface area contributed by atoms with E-state index in [1.165, 1.54) is 6.07 Å². The first-order valence-electron chi connectivity index (χ1n) is 5.93. The summed E-state index contributed by atoms with van der Waals surface area (Å²) in [4.78, 5) is 8.53. The van der Waals surface area contributed by atoms with Crippen molar-refractivity contribution < 1.29 is 8.78 Å². The molecule has 0 unspecified atom stereocenters. The van der Waals surface area contributed by atoms with Crippen molar-refractivity contribution in [2.45, 2.75) is 19.8 Å². The van der Waals surface area contributed by atoms with Crippen LogP contribution in [0.2, 0.25) is 0 Å². The zero-order valence-electron chi connectivity index (χ0n) is 10.9. The van der Waals surface area contributed by atoms with Crippen molar-refractivity contribution in [3.63, 3.8) is 0 Å². The third-order valence-electron chi connectivity index (χ3n) is 2.76. The van der Waals surface area contributed by atoms with Crippen LogP contribution in [0, 0.1) is 11.6 Å². The Morgan fingerprint density at radius 2 is 1.95 bits per heavy atom. The second-order valence-electron chi connectivity index (χ2n) is 4.52. The van der Waals surface area contributed by atoms with Gasteiger partial charge in [0, 0.05) is 17.3 Å². The Hall–Kier alpha value is -1.60. The molecule has 0 spiro atoms. The number of nitrogens with one attached hydrogen (secondary N) is 1. The van der Waals surface area contributed by atoms with Gasteiger partial charge < -0.3 is 5.43 Å². The van der Waals surface area contributed by atoms with Crippen LogP contribution >= 0.6 is 15.9 Å². The van der Waals surface area contributed by atoms with Crippen LogP contribution in [0.1, 0.15) is 25.5 Å². The van der Waals surface area contributed by atoms with Gasteiger partial charge in [-0.3, -0.25) is 0 Å². The summed E-state index contributed by atoms with van der Waals surface area (Å²) in [6.45, 7) is 3.93. The minimum absolute atomic E-state index is 0.0126. The van der Waals surface area contributed by atoms with E-state index in [0.717, 1.165) is 11.8 Å². The highest BCUT2D eigenvalue weighted by Crippen LogP contribution is 2.31. The zero-order valence-corrected chi connectivity index (χ0v) is 12.5. The third-order valence-corrected chi connectivity index (χ3v) is 3.54. The van der Waals surface area contributed by atoms with Crippen LogP contribution < -0.4 is 11.3 Å². The predicted octanol–water partition coefficient (Wildman–Crippen LogP) is 3.59. The zero-order chi connectivity index (χ0) is 14.9. The van der Waals surface area contributed by atoms with Gasteiger partial charge in [0.25, 0.3) is 0 Å². The lowest BCUT2D eigenvalue weighted by molar-refractivity contribution is 0.504. The van der Waals surface area contributed by atoms with E-state index in [2.05, 4.69) is 31.3 Å². The molecule has 106 valence electrons. The van der Waals surface area contributed by atoms with E-state index in [1.54, 1.807) is 6.07 Å². The lowest BCUT2D eigenvalue weighted by Gasteiger charge is -2.11. The standard InChI is InChI=1S/C13H13BrF2N4/c1-6(2)9-5-10(20-17)19-13(18-9)7-3-4-8(15)12(16)11(7)14/h3-6H,17H2,1-2H3,(H,18,19,20). The van der Waals surface area contributed by atoms with Crippen molar-refractivity contribution in [3.05, 3.63) is 40.0 Å². The average molecular weight is 343 g/mol. The molecule has 0 amide bonds. The van der Waals surface area contributed by atoms with Gasteiger partial charge in [-0.15, -0.1) is 0 Å². The minimum atomic E-state index is -0.969. The topological polar surface area (TPSA) is 63.8 Å². The molecule has 0 atom stereocenters. The number of hydrogen-bond acceptors (Lipinski definition) is 4. The molecule has 2 aromatic rings. The van der Waals surface area contributed by atoms with Gasteiger partial charge >= 0.3 is 0 Å². The van der Waals surface area contributed by atoms with Gasteiger partial charge in [-0.1, -0.05) is 13.8 Å². The lowest BCUT2D eigenvalue weighted by atomic mass is 10.1. The normalized spacial score (nSPS) is 10.9. The lowest BCUT2D eigenvalue weighted by Crippen LogP contribution is -2.11. The van der Waals surface area contributed by atoms with Gasteiger partial charge in [-0.25, -0.2) is 24.6 Å². The maximum absolute atomic E-state index is 13.6. The smallest absolute Gasteiger partial charge is 0.173 e. The molecule has 0 aliphatic rings. The predicted molar refractivity (Wildman–Crippen MR) is 77.0 cm³/mol. The fourth-order valence-electron chi connectivity index (χ4n) is 1.65. The molecule has 1 heterocycles. The van der Waals surface area contributed by atoms with E-state index < -0.39 is 11.6 Å². The summed E-state index contributed by atoms with van der Waals surface area (Å²) in [5.41, 5.74) is 3.56. The largest absolute Gasteiger partial charge is 0.308 e. The highest BCUT2D eigenvalue weighted by atomic mass is 79.9. The maximum atomic E-state index is 13.6. The van der Waals surface area contributed by atoms with Crippen LogP contribution in [0.5, 0.6) is 0 Å². The van der Waals surface area contributed by atoms with Gasteiger partial charge in [0.05, 0.1) is 4.47 Å². The third kappa shape index (κ3) is 2.78. The Kier molecular flexibility index (Phi) is 4.29. The van der Waals surface area contributed by atoms with E-state index in [9.17, 15) is 8.78 Å². The molecule has 0 bridgehead atoms. The Labute approximate surface area is 123 Å². The molecule has 0 saturated heterocycles. The van der Waals surface area contributed by atoms with Crippen molar-refractivity contribution in [2.75, 3.05) is 5.43 Å². The molecule has 0 radical (unpaired) electrons. The summed E-state index contributed by atoms with van der Waals surface area (Å²) in [5, 5.41) is 0. The van der Waals surface area contributed by atoms with Crippen molar-refractivity contribution in [2.24, 2.45) is 5.84 Å². The molecule has 0 fully saturated rings. The fraction of sp³-hybridized carbons (Fsp3) is 0.231. The van der Waals surface area contributed by atoms with Gasteiger partial charge in [0.1, 0.15) is 5.82 Å². The van der Waals surface area contributed by atoms with Crippen LogP contribution in [0.3, 0.4) is 0 Å². The number of nitrogens with two attached hydrogens (primary N) is 1. The second-order valence-corrected chi connectivity index (χ2v) is 5.32. The van der Waals surface area contributed by atoms with Crippen molar-refractivity contribution in [3.8, 4) is 11.4 Å². The van der Waals surface area contributed by atoms with Crippen LogP contribution in [0.15, 0.2) is 22.7 Å². The van der Waals surface area contributed by atoms with E-state index in [1.807, 2.05) is 13.8 Å². The highest BCUT2D eigenvalue weighted by molar-refractivity contribution is 9.10. The van der Waals surface area contributed by atoms with Crippen molar-refractivity contribution in [1.82, 2.24) is 9.97 Å². The van der Waals surface area contributed by atoms with E-state index in [-0.39, 0.29) is 16.2 Å². The van der Waals surface area contributed by atoms with Crippen molar-refractivity contribution >= 4 is 21.7 Å². The summed E-state index contributed by atoms with van der Waals surface area (Å²) in [6, 6.07) is 4.17. The van der Waals surface area contributed by atoms with Crippen LogP contribution in [0.25, 0.3) is 11.4 Å².